The number of para-hydroxylation sites is 2. The summed E-state index contributed by atoms with van der Waals surface area (Å²) in [5.74, 6) is -0.574. The molecular formula is C27H24BrN3O5. The van der Waals surface area contributed by atoms with Gasteiger partial charge in [0.2, 0.25) is 0 Å². The van der Waals surface area contributed by atoms with Crippen LogP contribution in [-0.4, -0.2) is 30.9 Å². The highest BCUT2D eigenvalue weighted by atomic mass is 79.9. The van der Waals surface area contributed by atoms with Crippen molar-refractivity contribution in [1.29, 1.82) is 0 Å². The molecule has 184 valence electrons. The first-order valence-corrected chi connectivity index (χ1v) is 12.0. The van der Waals surface area contributed by atoms with Gasteiger partial charge in [0.15, 0.2) is 18.1 Å². The SMILES string of the molecule is CCOc1cc(/C=C2/C(=O)NN(c3ccccc3)C2=O)c(Br)cc1OCC(=O)Nc1ccccc1C. The second-order valence-corrected chi connectivity index (χ2v) is 8.73. The Balaban J connectivity index is 1.53. The second-order valence-electron chi connectivity index (χ2n) is 7.88. The molecule has 1 aliphatic heterocycles. The summed E-state index contributed by atoms with van der Waals surface area (Å²) < 4.78 is 12.0. The number of anilines is 2. The zero-order valence-corrected chi connectivity index (χ0v) is 21.3. The van der Waals surface area contributed by atoms with E-state index in [-0.39, 0.29) is 18.1 Å². The Labute approximate surface area is 217 Å². The van der Waals surface area contributed by atoms with Gasteiger partial charge in [0.05, 0.1) is 12.3 Å². The molecule has 0 atom stereocenters. The normalized spacial score (nSPS) is 14.1. The Morgan fingerprint density at radius 2 is 1.72 bits per heavy atom. The van der Waals surface area contributed by atoms with Crippen LogP contribution >= 0.6 is 15.9 Å². The summed E-state index contributed by atoms with van der Waals surface area (Å²) in [6.45, 7) is 3.85. The molecule has 0 radical (unpaired) electrons. The van der Waals surface area contributed by atoms with E-state index < -0.39 is 11.8 Å². The summed E-state index contributed by atoms with van der Waals surface area (Å²) in [5, 5.41) is 4.03. The second kappa shape index (κ2) is 11.1. The van der Waals surface area contributed by atoms with Gasteiger partial charge >= 0.3 is 0 Å². The molecule has 1 aliphatic rings. The number of rotatable bonds is 8. The van der Waals surface area contributed by atoms with Crippen LogP contribution in [0.15, 0.2) is 76.8 Å². The molecule has 1 fully saturated rings. The predicted octanol–water partition coefficient (Wildman–Crippen LogP) is 4.64. The van der Waals surface area contributed by atoms with Crippen LogP contribution in [0.1, 0.15) is 18.1 Å². The standard InChI is InChI=1S/C27H24BrN3O5/c1-3-35-23-14-18(13-20-26(33)30-31(27(20)34)19-10-5-4-6-11-19)21(28)15-24(23)36-16-25(32)29-22-12-8-7-9-17(22)2/h4-15H,3,16H2,1-2H3,(H,29,32)(H,30,33)/b20-13-. The number of halogens is 1. The van der Waals surface area contributed by atoms with E-state index in [1.54, 1.807) is 36.4 Å². The highest BCUT2D eigenvalue weighted by Crippen LogP contribution is 2.35. The van der Waals surface area contributed by atoms with Crippen LogP contribution in [0.4, 0.5) is 11.4 Å². The lowest BCUT2D eigenvalue weighted by Crippen LogP contribution is -2.35. The lowest BCUT2D eigenvalue weighted by Gasteiger charge is -2.15. The van der Waals surface area contributed by atoms with E-state index >= 15 is 0 Å². The zero-order chi connectivity index (χ0) is 25.7. The van der Waals surface area contributed by atoms with Gasteiger partial charge in [0.1, 0.15) is 5.57 Å². The predicted molar refractivity (Wildman–Crippen MR) is 141 cm³/mol. The first-order chi connectivity index (χ1) is 17.4. The molecule has 0 spiro atoms. The van der Waals surface area contributed by atoms with E-state index in [2.05, 4.69) is 26.7 Å². The molecule has 2 N–H and O–H groups in total. The molecule has 0 bridgehead atoms. The summed E-state index contributed by atoms with van der Waals surface area (Å²) in [4.78, 5) is 37.9. The Morgan fingerprint density at radius 1 is 1.03 bits per heavy atom. The van der Waals surface area contributed by atoms with Crippen LogP contribution in [0, 0.1) is 6.92 Å². The van der Waals surface area contributed by atoms with Gasteiger partial charge in [-0.05, 0) is 61.4 Å². The zero-order valence-electron chi connectivity index (χ0n) is 19.7. The molecule has 9 heteroatoms. The van der Waals surface area contributed by atoms with Crippen molar-refractivity contribution in [2.45, 2.75) is 13.8 Å². The van der Waals surface area contributed by atoms with Crippen LogP contribution in [0.3, 0.4) is 0 Å². The smallest absolute Gasteiger partial charge is 0.282 e. The summed E-state index contributed by atoms with van der Waals surface area (Å²) in [5.41, 5.74) is 5.31. The highest BCUT2D eigenvalue weighted by molar-refractivity contribution is 9.10. The third-order valence-corrected chi connectivity index (χ3v) is 6.03. The van der Waals surface area contributed by atoms with Crippen LogP contribution < -0.4 is 25.2 Å². The maximum Gasteiger partial charge on any atom is 0.282 e. The van der Waals surface area contributed by atoms with Gasteiger partial charge in [0, 0.05) is 10.2 Å². The molecule has 0 saturated carbocycles. The molecule has 1 heterocycles. The number of nitrogens with one attached hydrogen (secondary N) is 2. The van der Waals surface area contributed by atoms with Crippen molar-refractivity contribution >= 4 is 51.1 Å². The molecule has 1 saturated heterocycles. The van der Waals surface area contributed by atoms with Crippen molar-refractivity contribution in [3.05, 3.63) is 87.9 Å². The molecule has 8 nitrogen and oxygen atoms in total. The van der Waals surface area contributed by atoms with E-state index in [1.807, 2.05) is 44.2 Å². The molecule has 3 aromatic rings. The van der Waals surface area contributed by atoms with Gasteiger partial charge in [0.25, 0.3) is 17.7 Å². The number of carbonyl (C=O) groups is 3. The molecule has 0 unspecified atom stereocenters. The quantitative estimate of drug-likeness (QED) is 0.315. The number of ether oxygens (including phenoxy) is 2. The third-order valence-electron chi connectivity index (χ3n) is 5.35. The summed E-state index contributed by atoms with van der Waals surface area (Å²) in [6.07, 6.45) is 1.49. The number of hydrogen-bond donors (Lipinski definition) is 2. The Morgan fingerprint density at radius 3 is 2.44 bits per heavy atom. The largest absolute Gasteiger partial charge is 0.490 e. The van der Waals surface area contributed by atoms with Gasteiger partial charge in [-0.3, -0.25) is 19.8 Å². The van der Waals surface area contributed by atoms with Gasteiger partial charge in [-0.2, -0.15) is 0 Å². The Kier molecular flexibility index (Phi) is 7.70. The number of carbonyl (C=O) groups excluding carboxylic acids is 3. The fraction of sp³-hybridized carbons (Fsp3) is 0.148. The minimum atomic E-state index is -0.512. The fourth-order valence-corrected chi connectivity index (χ4v) is 3.99. The molecule has 36 heavy (non-hydrogen) atoms. The summed E-state index contributed by atoms with van der Waals surface area (Å²) in [7, 11) is 0. The summed E-state index contributed by atoms with van der Waals surface area (Å²) in [6, 6.07) is 19.6. The van der Waals surface area contributed by atoms with Gasteiger partial charge in [-0.25, -0.2) is 5.01 Å². The van der Waals surface area contributed by atoms with E-state index in [1.165, 1.54) is 11.1 Å². The average Bonchev–Trinajstić information content (AvgIpc) is 3.15. The van der Waals surface area contributed by atoms with Crippen LogP contribution in [-0.2, 0) is 14.4 Å². The number of benzene rings is 3. The number of hydrazine groups is 1. The molecule has 0 aromatic heterocycles. The fourth-order valence-electron chi connectivity index (χ4n) is 3.56. The number of aryl methyl sites for hydroxylation is 1. The molecule has 3 aromatic carbocycles. The minimum absolute atomic E-state index is 0.0201. The van der Waals surface area contributed by atoms with Crippen molar-refractivity contribution in [3.63, 3.8) is 0 Å². The first kappa shape index (κ1) is 25.0. The van der Waals surface area contributed by atoms with Crippen LogP contribution in [0.2, 0.25) is 0 Å². The van der Waals surface area contributed by atoms with E-state index in [4.69, 9.17) is 9.47 Å². The van der Waals surface area contributed by atoms with Gasteiger partial charge < -0.3 is 14.8 Å². The third kappa shape index (κ3) is 5.58. The van der Waals surface area contributed by atoms with Crippen molar-refractivity contribution in [1.82, 2.24) is 5.43 Å². The van der Waals surface area contributed by atoms with Crippen molar-refractivity contribution in [2.75, 3.05) is 23.5 Å². The number of hydrogen-bond acceptors (Lipinski definition) is 5. The monoisotopic (exact) mass is 549 g/mol. The Hall–Kier alpha value is -4.11. The summed E-state index contributed by atoms with van der Waals surface area (Å²) >= 11 is 3.47. The van der Waals surface area contributed by atoms with Crippen LogP contribution in [0.25, 0.3) is 6.08 Å². The molecule has 4 rings (SSSR count). The average molecular weight is 550 g/mol. The first-order valence-electron chi connectivity index (χ1n) is 11.2. The molecule has 3 amide bonds. The molecular weight excluding hydrogens is 526 g/mol. The van der Waals surface area contributed by atoms with Gasteiger partial charge in [-0.1, -0.05) is 52.3 Å². The number of nitrogens with zero attached hydrogens (tertiary/aromatic N) is 1. The minimum Gasteiger partial charge on any atom is -0.490 e. The number of amides is 3. The lowest BCUT2D eigenvalue weighted by molar-refractivity contribution is -0.118. The maximum atomic E-state index is 12.9. The van der Waals surface area contributed by atoms with E-state index in [0.29, 0.717) is 39.5 Å². The maximum absolute atomic E-state index is 12.9. The van der Waals surface area contributed by atoms with Crippen molar-refractivity contribution in [3.8, 4) is 11.5 Å². The lowest BCUT2D eigenvalue weighted by atomic mass is 10.1. The van der Waals surface area contributed by atoms with E-state index in [9.17, 15) is 14.4 Å². The van der Waals surface area contributed by atoms with Crippen molar-refractivity contribution < 1.29 is 23.9 Å². The van der Waals surface area contributed by atoms with Crippen molar-refractivity contribution in [2.24, 2.45) is 0 Å². The highest BCUT2D eigenvalue weighted by Gasteiger charge is 2.34. The van der Waals surface area contributed by atoms with E-state index in [0.717, 1.165) is 5.56 Å². The topological polar surface area (TPSA) is 97.0 Å². The molecule has 0 aliphatic carbocycles. The Bertz CT molecular complexity index is 1340. The van der Waals surface area contributed by atoms with Gasteiger partial charge in [-0.15, -0.1) is 0 Å². The van der Waals surface area contributed by atoms with Crippen LogP contribution in [0.5, 0.6) is 11.5 Å².